The molecule has 0 bridgehead atoms. The van der Waals surface area contributed by atoms with Crippen molar-refractivity contribution in [2.45, 2.75) is 8.25 Å². The summed E-state index contributed by atoms with van der Waals surface area (Å²) in [7, 11) is 0. The summed E-state index contributed by atoms with van der Waals surface area (Å²) in [5.41, 5.74) is 0.714. The second kappa shape index (κ2) is 5.28. The Morgan fingerprint density at radius 2 is 2.00 bits per heavy atom. The molecule has 0 aliphatic heterocycles. The maximum atomic E-state index is 11.0. The lowest BCUT2D eigenvalue weighted by Gasteiger charge is -2.20. The van der Waals surface area contributed by atoms with E-state index in [0.717, 1.165) is 0 Å². The van der Waals surface area contributed by atoms with Gasteiger partial charge in [-0.2, -0.15) is 0 Å². The zero-order valence-electron chi connectivity index (χ0n) is 8.81. The number of nitrogens with one attached hydrogen (secondary N) is 1. The lowest BCUT2D eigenvalue weighted by Crippen LogP contribution is -2.35. The first-order chi connectivity index (χ1) is 8.39. The second-order valence-electron chi connectivity index (χ2n) is 3.51. The molecule has 8 heteroatoms. The van der Waals surface area contributed by atoms with Crippen molar-refractivity contribution in [1.29, 1.82) is 0 Å². The highest BCUT2D eigenvalue weighted by Gasteiger charge is 2.34. The van der Waals surface area contributed by atoms with Crippen molar-refractivity contribution in [3.63, 3.8) is 0 Å². The normalized spacial score (nSPS) is 13.6. The summed E-state index contributed by atoms with van der Waals surface area (Å²) in [5.74, 6) is 0. The smallest absolute Gasteiger partial charge is 0.385 e. The highest BCUT2D eigenvalue weighted by molar-refractivity contribution is 9.39. The molecule has 1 atom stereocenters. The third kappa shape index (κ3) is 2.93. The topological polar surface area (TPSA) is 70.1 Å². The van der Waals surface area contributed by atoms with E-state index in [9.17, 15) is 9.90 Å². The van der Waals surface area contributed by atoms with Gasteiger partial charge in [-0.3, -0.25) is 4.52 Å². The van der Waals surface area contributed by atoms with Crippen molar-refractivity contribution in [2.75, 3.05) is 0 Å². The second-order valence-corrected chi connectivity index (χ2v) is 10.5. The van der Waals surface area contributed by atoms with Crippen molar-refractivity contribution < 1.29 is 14.3 Å². The largest absolute Gasteiger partial charge is 0.427 e. The van der Waals surface area contributed by atoms with E-state index >= 15 is 0 Å². The van der Waals surface area contributed by atoms with Gasteiger partial charge in [-0.1, -0.05) is 59.9 Å². The molecule has 1 unspecified atom stereocenters. The number of hydrogen-bond acceptors (Lipinski definition) is 3. The molecule has 0 saturated carbocycles. The van der Waals surface area contributed by atoms with Crippen molar-refractivity contribution in [3.8, 4) is 5.69 Å². The van der Waals surface area contributed by atoms with Crippen LogP contribution in [-0.2, 0) is 0 Å². The summed E-state index contributed by atoms with van der Waals surface area (Å²) in [4.78, 5) is 11.0. The average molecular weight is 444 g/mol. The first kappa shape index (κ1) is 14.0. The molecule has 0 fully saturated rings. The van der Waals surface area contributed by atoms with Crippen molar-refractivity contribution in [3.05, 3.63) is 46.4 Å². The Kier molecular flexibility index (Phi) is 4.10. The van der Waals surface area contributed by atoms with Gasteiger partial charge in [0.05, 0.1) is 5.56 Å². The van der Waals surface area contributed by atoms with Gasteiger partial charge in [-0.25, -0.2) is 4.79 Å². The maximum absolute atomic E-state index is 11.0. The van der Waals surface area contributed by atoms with E-state index in [4.69, 9.17) is 0 Å². The van der Waals surface area contributed by atoms with Crippen LogP contribution in [0.1, 0.15) is 11.7 Å². The van der Waals surface area contributed by atoms with Crippen LogP contribution in [0.3, 0.4) is 0 Å². The Labute approximate surface area is 127 Å². The van der Waals surface area contributed by atoms with Crippen LogP contribution in [0.2, 0.25) is 0 Å². The summed E-state index contributed by atoms with van der Waals surface area (Å²) >= 11 is 9.81. The van der Waals surface area contributed by atoms with Crippen LogP contribution in [0, 0.1) is 0 Å². The highest BCUT2D eigenvalue weighted by Crippen LogP contribution is 2.45. The minimum Gasteiger partial charge on any atom is -0.385 e. The van der Waals surface area contributed by atoms with Gasteiger partial charge in [0.25, 0.3) is 6.20 Å². The SMILES string of the molecule is O=c1c[n+](-c2ccccc2C(O)C(Br)(Br)Br)[nH]o1. The first-order valence-corrected chi connectivity index (χ1v) is 7.22. The van der Waals surface area contributed by atoms with Crippen molar-refractivity contribution in [2.24, 2.45) is 0 Å². The van der Waals surface area contributed by atoms with Crippen molar-refractivity contribution in [1.82, 2.24) is 5.27 Å². The van der Waals surface area contributed by atoms with Crippen LogP contribution in [0.4, 0.5) is 0 Å². The van der Waals surface area contributed by atoms with Gasteiger partial charge in [0.15, 0.2) is 2.14 Å². The number of halogens is 3. The number of nitrogens with zero attached hydrogens (tertiary/aromatic N) is 1. The van der Waals surface area contributed by atoms with Crippen molar-refractivity contribution >= 4 is 47.8 Å². The zero-order valence-corrected chi connectivity index (χ0v) is 13.6. The summed E-state index contributed by atoms with van der Waals surface area (Å²) in [6, 6.07) is 7.08. The minimum absolute atomic E-state index is 0.498. The fourth-order valence-electron chi connectivity index (χ4n) is 1.49. The molecule has 0 aliphatic carbocycles. The Balaban J connectivity index is 2.53. The van der Waals surface area contributed by atoms with Gasteiger partial charge in [0.2, 0.25) is 5.69 Å². The lowest BCUT2D eigenvalue weighted by atomic mass is 10.1. The fourth-order valence-corrected chi connectivity index (χ4v) is 2.23. The number of aliphatic hydroxyl groups excluding tert-OH is 1. The summed E-state index contributed by atoms with van der Waals surface area (Å²) in [6.07, 6.45) is 0.365. The lowest BCUT2D eigenvalue weighted by molar-refractivity contribution is -0.671. The zero-order chi connectivity index (χ0) is 13.3. The molecule has 96 valence electrons. The molecule has 0 spiro atoms. The molecule has 1 aromatic heterocycles. The Bertz CT molecular complexity index is 603. The van der Waals surface area contributed by atoms with E-state index < -0.39 is 13.9 Å². The number of rotatable bonds is 2. The van der Waals surface area contributed by atoms with Gasteiger partial charge >= 0.3 is 5.63 Å². The molecule has 2 rings (SSSR count). The highest BCUT2D eigenvalue weighted by atomic mass is 80.0. The predicted molar refractivity (Wildman–Crippen MR) is 75.3 cm³/mol. The number of alkyl halides is 3. The maximum Gasteiger partial charge on any atom is 0.427 e. The molecule has 0 saturated heterocycles. The van der Waals surface area contributed by atoms with Crippen LogP contribution in [0.15, 0.2) is 39.8 Å². The van der Waals surface area contributed by atoms with E-state index in [-0.39, 0.29) is 0 Å². The number of aliphatic hydroxyl groups is 1. The minimum atomic E-state index is -0.889. The Morgan fingerprint density at radius 1 is 1.33 bits per heavy atom. The molecule has 2 N–H and O–H groups in total. The average Bonchev–Trinajstić information content (AvgIpc) is 2.73. The van der Waals surface area contributed by atoms with Crippen LogP contribution in [-0.4, -0.2) is 12.5 Å². The van der Waals surface area contributed by atoms with E-state index in [1.165, 1.54) is 10.9 Å². The number of aromatic amines is 1. The first-order valence-electron chi connectivity index (χ1n) is 4.84. The third-order valence-electron chi connectivity index (χ3n) is 2.28. The van der Waals surface area contributed by atoms with Gasteiger partial charge in [-0.15, -0.1) is 0 Å². The molecular weight excluding hydrogens is 436 g/mol. The monoisotopic (exact) mass is 441 g/mol. The quantitative estimate of drug-likeness (QED) is 0.552. The third-order valence-corrected chi connectivity index (χ3v) is 3.58. The standard InChI is InChI=1S/C10H7Br3N2O3/c11-10(12,13)9(17)6-3-1-2-4-7(6)15-5-8(16)18-14-15/h1-5,9,17H/p+1. The molecular formula is C10H8Br3N2O3+. The summed E-state index contributed by atoms with van der Waals surface area (Å²) in [6.45, 7) is 0. The van der Waals surface area contributed by atoms with Crippen LogP contribution in [0.5, 0.6) is 0 Å². The van der Waals surface area contributed by atoms with Gasteiger partial charge in [0, 0.05) is 6.07 Å². The number of aromatic nitrogens is 2. The number of hydrogen-bond donors (Lipinski definition) is 2. The van der Waals surface area contributed by atoms with Crippen LogP contribution in [0.25, 0.3) is 5.69 Å². The molecule has 18 heavy (non-hydrogen) atoms. The fraction of sp³-hybridized carbons (Fsp3) is 0.200. The molecule has 0 amide bonds. The molecule has 0 aliphatic rings. The van der Waals surface area contributed by atoms with E-state index in [2.05, 4.69) is 57.6 Å². The molecule has 0 radical (unpaired) electrons. The summed E-state index contributed by atoms with van der Waals surface area (Å²) in [5, 5.41) is 12.7. The number of benzene rings is 1. The molecule has 2 aromatic rings. The van der Waals surface area contributed by atoms with Gasteiger partial charge in [-0.05, 0) is 16.0 Å². The molecule has 1 heterocycles. The Morgan fingerprint density at radius 3 is 2.56 bits per heavy atom. The predicted octanol–water partition coefficient (Wildman–Crippen LogP) is 2.12. The van der Waals surface area contributed by atoms with Crippen LogP contribution < -0.4 is 10.3 Å². The van der Waals surface area contributed by atoms with E-state index in [1.807, 2.05) is 0 Å². The number of H-pyrrole nitrogens is 1. The number of para-hydroxylation sites is 1. The molecule has 1 aromatic carbocycles. The van der Waals surface area contributed by atoms with Gasteiger partial charge in [0.1, 0.15) is 6.10 Å². The van der Waals surface area contributed by atoms with Crippen LogP contribution >= 0.6 is 47.8 Å². The van der Waals surface area contributed by atoms with E-state index in [1.54, 1.807) is 24.3 Å². The van der Waals surface area contributed by atoms with E-state index in [0.29, 0.717) is 11.3 Å². The summed E-state index contributed by atoms with van der Waals surface area (Å²) < 4.78 is 5.15. The van der Waals surface area contributed by atoms with Gasteiger partial charge < -0.3 is 5.11 Å². The molecule has 5 nitrogen and oxygen atoms in total. The Hall–Kier alpha value is -0.440.